The molecule has 0 aliphatic rings. The molecule has 1 unspecified atom stereocenters. The number of alkyl halides is 1. The van der Waals surface area contributed by atoms with Crippen molar-refractivity contribution in [3.63, 3.8) is 0 Å². The summed E-state index contributed by atoms with van der Waals surface area (Å²) in [7, 11) is -3.41. The summed E-state index contributed by atoms with van der Waals surface area (Å²) in [5, 5.41) is 0. The number of benzene rings is 1. The fourth-order valence-corrected chi connectivity index (χ4v) is 2.82. The molecular formula is C11H15Br2NO2S. The quantitative estimate of drug-likeness (QED) is 0.792. The highest BCUT2D eigenvalue weighted by molar-refractivity contribution is 9.10. The van der Waals surface area contributed by atoms with Crippen LogP contribution < -0.4 is 4.72 Å². The smallest absolute Gasteiger partial charge is 0.210 e. The molecule has 0 radical (unpaired) electrons. The first kappa shape index (κ1) is 15.1. The van der Waals surface area contributed by atoms with Gasteiger partial charge in [0.1, 0.15) is 0 Å². The third kappa shape index (κ3) is 4.69. The second-order valence-corrected chi connectivity index (χ2v) is 7.92. The predicted molar refractivity (Wildman–Crippen MR) is 76.9 cm³/mol. The first-order valence-electron chi connectivity index (χ1n) is 5.22. The Morgan fingerprint density at radius 1 is 1.24 bits per heavy atom. The minimum Gasteiger partial charge on any atom is -0.210 e. The largest absolute Gasteiger partial charge is 0.240 e. The highest BCUT2D eigenvalue weighted by Gasteiger charge is 2.16. The zero-order valence-corrected chi connectivity index (χ0v) is 13.6. The van der Waals surface area contributed by atoms with E-state index >= 15 is 0 Å². The maximum absolute atomic E-state index is 11.9. The van der Waals surface area contributed by atoms with Gasteiger partial charge >= 0.3 is 0 Å². The third-order valence-electron chi connectivity index (χ3n) is 2.32. The van der Waals surface area contributed by atoms with Crippen LogP contribution in [-0.4, -0.2) is 19.8 Å². The highest BCUT2D eigenvalue weighted by atomic mass is 79.9. The van der Waals surface area contributed by atoms with Crippen LogP contribution in [0.4, 0.5) is 0 Å². The molecular weight excluding hydrogens is 370 g/mol. The van der Waals surface area contributed by atoms with E-state index in [1.807, 2.05) is 13.8 Å². The van der Waals surface area contributed by atoms with Crippen LogP contribution in [0.1, 0.15) is 13.8 Å². The fourth-order valence-electron chi connectivity index (χ4n) is 1.12. The molecule has 1 atom stereocenters. The minimum absolute atomic E-state index is 0.132. The van der Waals surface area contributed by atoms with Gasteiger partial charge in [0.2, 0.25) is 10.0 Å². The van der Waals surface area contributed by atoms with Gasteiger partial charge in [-0.3, -0.25) is 0 Å². The summed E-state index contributed by atoms with van der Waals surface area (Å²) in [5.74, 6) is 0.377. The van der Waals surface area contributed by atoms with Crippen LogP contribution in [0.25, 0.3) is 0 Å². The molecule has 0 fully saturated rings. The Balaban J connectivity index is 2.72. The van der Waals surface area contributed by atoms with Gasteiger partial charge in [-0.15, -0.1) is 0 Å². The first-order valence-corrected chi connectivity index (χ1v) is 8.41. The molecule has 1 aromatic rings. The summed E-state index contributed by atoms with van der Waals surface area (Å²) in [6.07, 6.45) is 0. The second kappa shape index (κ2) is 6.31. The Labute approximate surface area is 119 Å². The number of nitrogens with one attached hydrogen (secondary N) is 1. The summed E-state index contributed by atoms with van der Waals surface area (Å²) in [5.41, 5.74) is 0. The SMILES string of the molecule is CC(C)C(Br)CNS(=O)(=O)c1ccc(Br)cc1. The van der Waals surface area contributed by atoms with E-state index in [1.165, 1.54) is 0 Å². The lowest BCUT2D eigenvalue weighted by atomic mass is 10.1. The van der Waals surface area contributed by atoms with Crippen molar-refractivity contribution < 1.29 is 8.42 Å². The molecule has 1 N–H and O–H groups in total. The number of halogens is 2. The van der Waals surface area contributed by atoms with Gasteiger partial charge in [0.05, 0.1) is 4.90 Å². The van der Waals surface area contributed by atoms with Gasteiger partial charge in [0.25, 0.3) is 0 Å². The Morgan fingerprint density at radius 2 is 1.76 bits per heavy atom. The van der Waals surface area contributed by atoms with Crippen LogP contribution in [-0.2, 0) is 10.0 Å². The van der Waals surface area contributed by atoms with E-state index in [2.05, 4.69) is 36.6 Å². The van der Waals surface area contributed by atoms with E-state index in [4.69, 9.17) is 0 Å². The van der Waals surface area contributed by atoms with Crippen LogP contribution in [0.5, 0.6) is 0 Å². The van der Waals surface area contributed by atoms with Crippen LogP contribution in [0.2, 0.25) is 0 Å². The zero-order chi connectivity index (χ0) is 13.1. The molecule has 0 aliphatic heterocycles. The molecule has 0 heterocycles. The molecule has 17 heavy (non-hydrogen) atoms. The highest BCUT2D eigenvalue weighted by Crippen LogP contribution is 2.16. The summed E-state index contributed by atoms with van der Waals surface area (Å²) in [6.45, 7) is 4.46. The Bertz CT molecular complexity index is 457. The van der Waals surface area contributed by atoms with Gasteiger partial charge in [-0.25, -0.2) is 13.1 Å². The normalized spacial score (nSPS) is 13.9. The van der Waals surface area contributed by atoms with E-state index in [1.54, 1.807) is 24.3 Å². The third-order valence-corrected chi connectivity index (χ3v) is 5.66. The Hall–Kier alpha value is 0.0900. The van der Waals surface area contributed by atoms with Crippen molar-refractivity contribution in [2.24, 2.45) is 5.92 Å². The topological polar surface area (TPSA) is 46.2 Å². The monoisotopic (exact) mass is 383 g/mol. The molecule has 0 saturated carbocycles. The molecule has 0 spiro atoms. The van der Waals surface area contributed by atoms with Gasteiger partial charge < -0.3 is 0 Å². The number of hydrogen-bond acceptors (Lipinski definition) is 2. The van der Waals surface area contributed by atoms with Crippen molar-refractivity contribution in [1.82, 2.24) is 4.72 Å². The molecule has 0 bridgehead atoms. The molecule has 96 valence electrons. The molecule has 0 saturated heterocycles. The number of hydrogen-bond donors (Lipinski definition) is 1. The second-order valence-electron chi connectivity index (χ2n) is 4.07. The van der Waals surface area contributed by atoms with Crippen LogP contribution in [0, 0.1) is 5.92 Å². The van der Waals surface area contributed by atoms with Gasteiger partial charge in [-0.2, -0.15) is 0 Å². The first-order chi connectivity index (χ1) is 7.83. The van der Waals surface area contributed by atoms with Crippen molar-refractivity contribution in [2.75, 3.05) is 6.54 Å². The van der Waals surface area contributed by atoms with E-state index in [0.29, 0.717) is 12.5 Å². The van der Waals surface area contributed by atoms with Crippen LogP contribution in [0.15, 0.2) is 33.6 Å². The van der Waals surface area contributed by atoms with Gasteiger partial charge in [0.15, 0.2) is 0 Å². The predicted octanol–water partition coefficient (Wildman–Crippen LogP) is 3.15. The van der Waals surface area contributed by atoms with E-state index in [9.17, 15) is 8.42 Å². The lowest BCUT2D eigenvalue weighted by Crippen LogP contribution is -2.31. The van der Waals surface area contributed by atoms with Gasteiger partial charge in [0, 0.05) is 15.8 Å². The van der Waals surface area contributed by atoms with Crippen LogP contribution >= 0.6 is 31.9 Å². The van der Waals surface area contributed by atoms with Crippen molar-refractivity contribution in [3.05, 3.63) is 28.7 Å². The maximum Gasteiger partial charge on any atom is 0.240 e. The molecule has 0 aliphatic carbocycles. The number of rotatable bonds is 5. The van der Waals surface area contributed by atoms with Crippen molar-refractivity contribution in [3.8, 4) is 0 Å². The lowest BCUT2D eigenvalue weighted by Gasteiger charge is -2.14. The van der Waals surface area contributed by atoms with E-state index in [0.717, 1.165) is 4.47 Å². The summed E-state index contributed by atoms with van der Waals surface area (Å²) in [6, 6.07) is 6.57. The van der Waals surface area contributed by atoms with E-state index < -0.39 is 10.0 Å². The molecule has 1 rings (SSSR count). The van der Waals surface area contributed by atoms with Gasteiger partial charge in [-0.1, -0.05) is 45.7 Å². The Morgan fingerprint density at radius 3 is 2.24 bits per heavy atom. The zero-order valence-electron chi connectivity index (χ0n) is 9.65. The standard InChI is InChI=1S/C11H15Br2NO2S/c1-8(2)11(13)7-14-17(15,16)10-5-3-9(12)4-6-10/h3-6,8,11,14H,7H2,1-2H3. The number of sulfonamides is 1. The van der Waals surface area contributed by atoms with Crippen molar-refractivity contribution in [2.45, 2.75) is 23.6 Å². The van der Waals surface area contributed by atoms with E-state index in [-0.39, 0.29) is 9.72 Å². The Kier molecular flexibility index (Phi) is 5.63. The molecule has 6 heteroatoms. The lowest BCUT2D eigenvalue weighted by molar-refractivity contribution is 0.563. The fraction of sp³-hybridized carbons (Fsp3) is 0.455. The van der Waals surface area contributed by atoms with Gasteiger partial charge in [-0.05, 0) is 30.2 Å². The average molecular weight is 385 g/mol. The van der Waals surface area contributed by atoms with Crippen molar-refractivity contribution in [1.29, 1.82) is 0 Å². The van der Waals surface area contributed by atoms with Crippen LogP contribution in [0.3, 0.4) is 0 Å². The minimum atomic E-state index is -3.41. The maximum atomic E-state index is 11.9. The molecule has 0 aromatic heterocycles. The molecule has 0 amide bonds. The molecule has 3 nitrogen and oxygen atoms in total. The summed E-state index contributed by atoms with van der Waals surface area (Å²) >= 11 is 6.72. The summed E-state index contributed by atoms with van der Waals surface area (Å²) < 4.78 is 27.3. The average Bonchev–Trinajstić information content (AvgIpc) is 2.26. The summed E-state index contributed by atoms with van der Waals surface area (Å²) in [4.78, 5) is 0.414. The van der Waals surface area contributed by atoms with Crippen molar-refractivity contribution >= 4 is 41.9 Å². The molecule has 1 aromatic carbocycles.